The van der Waals surface area contributed by atoms with Crippen molar-refractivity contribution in [3.63, 3.8) is 0 Å². The summed E-state index contributed by atoms with van der Waals surface area (Å²) in [7, 11) is 5.90. The van der Waals surface area contributed by atoms with Crippen molar-refractivity contribution in [2.75, 3.05) is 21.3 Å². The maximum Gasteiger partial charge on any atom is 0.340 e. The van der Waals surface area contributed by atoms with Crippen LogP contribution in [0.4, 0.5) is 0 Å². The Hall–Kier alpha value is -3.02. The molecule has 24 heavy (non-hydrogen) atoms. The molecule has 3 rings (SSSR count). The summed E-state index contributed by atoms with van der Waals surface area (Å²) >= 11 is 0. The standard InChI is InChI=1S/C18H17NO5/c1-19-12-8-6-5-7-10(12)14-13(22-2)9-11(17(20)23-3)15(16(14)19)18(21)24-4/h5-9H,1-4H3. The number of rotatable bonds is 3. The number of esters is 2. The Morgan fingerprint density at radius 3 is 2.29 bits per heavy atom. The number of aromatic nitrogens is 1. The van der Waals surface area contributed by atoms with E-state index in [-0.39, 0.29) is 11.1 Å². The molecule has 0 unspecified atom stereocenters. The van der Waals surface area contributed by atoms with Crippen LogP contribution in [-0.4, -0.2) is 37.8 Å². The Labute approximate surface area is 138 Å². The first-order valence-electron chi connectivity index (χ1n) is 7.29. The van der Waals surface area contributed by atoms with Crippen molar-refractivity contribution in [2.45, 2.75) is 0 Å². The first-order valence-corrected chi connectivity index (χ1v) is 7.29. The van der Waals surface area contributed by atoms with Crippen molar-refractivity contribution < 1.29 is 23.8 Å². The molecule has 0 amide bonds. The van der Waals surface area contributed by atoms with Gasteiger partial charge in [-0.2, -0.15) is 0 Å². The van der Waals surface area contributed by atoms with Crippen molar-refractivity contribution in [3.8, 4) is 5.75 Å². The second-order valence-electron chi connectivity index (χ2n) is 5.28. The smallest absolute Gasteiger partial charge is 0.340 e. The summed E-state index contributed by atoms with van der Waals surface area (Å²) in [6.07, 6.45) is 0. The van der Waals surface area contributed by atoms with Crippen molar-refractivity contribution in [3.05, 3.63) is 41.5 Å². The van der Waals surface area contributed by atoms with Gasteiger partial charge in [0.25, 0.3) is 0 Å². The molecule has 0 bridgehead atoms. The molecule has 0 atom stereocenters. The van der Waals surface area contributed by atoms with Gasteiger partial charge in [-0.05, 0) is 12.1 Å². The molecule has 6 nitrogen and oxygen atoms in total. The Bertz CT molecular complexity index is 971. The predicted molar refractivity (Wildman–Crippen MR) is 89.7 cm³/mol. The number of hydrogen-bond acceptors (Lipinski definition) is 5. The van der Waals surface area contributed by atoms with Gasteiger partial charge in [0.1, 0.15) is 5.75 Å². The molecule has 3 aromatic rings. The van der Waals surface area contributed by atoms with E-state index < -0.39 is 11.9 Å². The molecule has 0 saturated heterocycles. The number of benzene rings is 2. The van der Waals surface area contributed by atoms with Crippen LogP contribution in [0.2, 0.25) is 0 Å². The predicted octanol–water partition coefficient (Wildman–Crippen LogP) is 2.91. The highest BCUT2D eigenvalue weighted by atomic mass is 16.5. The quantitative estimate of drug-likeness (QED) is 0.692. The fourth-order valence-electron chi connectivity index (χ4n) is 3.08. The second kappa shape index (κ2) is 5.88. The number of hydrogen-bond donors (Lipinski definition) is 0. The van der Waals surface area contributed by atoms with E-state index in [1.807, 2.05) is 35.9 Å². The zero-order valence-electron chi connectivity index (χ0n) is 13.9. The molecule has 1 aromatic heterocycles. The highest BCUT2D eigenvalue weighted by molar-refractivity contribution is 6.20. The van der Waals surface area contributed by atoms with E-state index in [0.29, 0.717) is 11.3 Å². The average molecular weight is 327 g/mol. The highest BCUT2D eigenvalue weighted by Crippen LogP contribution is 2.39. The molecule has 0 spiro atoms. The molecule has 2 aromatic carbocycles. The summed E-state index contributed by atoms with van der Waals surface area (Å²) in [5, 5.41) is 1.68. The molecule has 6 heteroatoms. The molecule has 0 fully saturated rings. The van der Waals surface area contributed by atoms with Gasteiger partial charge in [-0.25, -0.2) is 9.59 Å². The van der Waals surface area contributed by atoms with Crippen LogP contribution >= 0.6 is 0 Å². The fraction of sp³-hybridized carbons (Fsp3) is 0.222. The molecular weight excluding hydrogens is 310 g/mol. The number of fused-ring (bicyclic) bond motifs is 3. The largest absolute Gasteiger partial charge is 0.496 e. The summed E-state index contributed by atoms with van der Waals surface area (Å²) in [4.78, 5) is 24.6. The van der Waals surface area contributed by atoms with Gasteiger partial charge < -0.3 is 18.8 Å². The number of para-hydroxylation sites is 1. The average Bonchev–Trinajstić information content (AvgIpc) is 2.92. The summed E-state index contributed by atoms with van der Waals surface area (Å²) in [5.41, 5.74) is 1.76. The van der Waals surface area contributed by atoms with Crippen LogP contribution in [0.15, 0.2) is 30.3 Å². The van der Waals surface area contributed by atoms with E-state index in [9.17, 15) is 9.59 Å². The number of nitrogens with zero attached hydrogens (tertiary/aromatic N) is 1. The zero-order valence-corrected chi connectivity index (χ0v) is 13.9. The van der Waals surface area contributed by atoms with E-state index in [1.54, 1.807) is 0 Å². The van der Waals surface area contributed by atoms with Gasteiger partial charge in [0.15, 0.2) is 0 Å². The molecule has 1 heterocycles. The van der Waals surface area contributed by atoms with Crippen LogP contribution in [0.3, 0.4) is 0 Å². The van der Waals surface area contributed by atoms with Gasteiger partial charge >= 0.3 is 11.9 Å². The van der Waals surface area contributed by atoms with Gasteiger partial charge in [-0.15, -0.1) is 0 Å². The lowest BCUT2D eigenvalue weighted by Gasteiger charge is -2.12. The normalized spacial score (nSPS) is 10.8. The first kappa shape index (κ1) is 15.9. The van der Waals surface area contributed by atoms with E-state index in [1.165, 1.54) is 27.4 Å². The van der Waals surface area contributed by atoms with Gasteiger partial charge in [0, 0.05) is 18.0 Å². The monoisotopic (exact) mass is 327 g/mol. The van der Waals surface area contributed by atoms with Gasteiger partial charge in [-0.1, -0.05) is 18.2 Å². The van der Waals surface area contributed by atoms with Gasteiger partial charge in [-0.3, -0.25) is 0 Å². The van der Waals surface area contributed by atoms with Crippen molar-refractivity contribution in [2.24, 2.45) is 7.05 Å². The van der Waals surface area contributed by atoms with Gasteiger partial charge in [0.2, 0.25) is 0 Å². The summed E-state index contributed by atoms with van der Waals surface area (Å²) < 4.78 is 17.1. The number of aryl methyl sites for hydroxylation is 1. The van der Waals surface area contributed by atoms with Crippen molar-refractivity contribution >= 4 is 33.7 Å². The van der Waals surface area contributed by atoms with E-state index >= 15 is 0 Å². The minimum Gasteiger partial charge on any atom is -0.496 e. The van der Waals surface area contributed by atoms with Crippen LogP contribution in [0.25, 0.3) is 21.8 Å². The first-order chi connectivity index (χ1) is 11.5. The number of ether oxygens (including phenoxy) is 3. The number of carbonyl (C=O) groups is 2. The lowest BCUT2D eigenvalue weighted by Crippen LogP contribution is -2.14. The van der Waals surface area contributed by atoms with Gasteiger partial charge in [0.05, 0.1) is 43.4 Å². The molecular formula is C18H17NO5. The number of methoxy groups -OCH3 is 3. The van der Waals surface area contributed by atoms with E-state index in [4.69, 9.17) is 14.2 Å². The maximum atomic E-state index is 12.4. The third-order valence-electron chi connectivity index (χ3n) is 4.15. The summed E-state index contributed by atoms with van der Waals surface area (Å²) in [6.45, 7) is 0. The number of carbonyl (C=O) groups excluding carboxylic acids is 2. The van der Waals surface area contributed by atoms with Crippen LogP contribution in [0.5, 0.6) is 5.75 Å². The molecule has 0 aliphatic carbocycles. The van der Waals surface area contributed by atoms with Crippen LogP contribution in [0, 0.1) is 0 Å². The minimum atomic E-state index is -0.624. The molecule has 0 saturated carbocycles. The molecule has 0 aliphatic rings. The summed E-state index contributed by atoms with van der Waals surface area (Å²) in [5.74, 6) is -0.732. The Balaban J connectivity index is 2.60. The third kappa shape index (κ3) is 2.11. The molecule has 0 radical (unpaired) electrons. The van der Waals surface area contributed by atoms with Crippen LogP contribution in [0.1, 0.15) is 20.7 Å². The third-order valence-corrected chi connectivity index (χ3v) is 4.15. The highest BCUT2D eigenvalue weighted by Gasteiger charge is 2.27. The van der Waals surface area contributed by atoms with E-state index in [0.717, 1.165) is 16.3 Å². The lowest BCUT2D eigenvalue weighted by atomic mass is 10.0. The van der Waals surface area contributed by atoms with E-state index in [2.05, 4.69) is 0 Å². The SMILES string of the molecule is COC(=O)c1cc(OC)c2c3ccccc3n(C)c2c1C(=O)OC. The van der Waals surface area contributed by atoms with Crippen LogP contribution in [-0.2, 0) is 16.5 Å². The topological polar surface area (TPSA) is 66.8 Å². The van der Waals surface area contributed by atoms with Crippen molar-refractivity contribution in [1.29, 1.82) is 0 Å². The maximum absolute atomic E-state index is 12.4. The zero-order chi connectivity index (χ0) is 17.4. The molecule has 0 N–H and O–H groups in total. The lowest BCUT2D eigenvalue weighted by molar-refractivity contribution is 0.0556. The minimum absolute atomic E-state index is 0.111. The fourth-order valence-corrected chi connectivity index (χ4v) is 3.08. The Morgan fingerprint density at radius 1 is 1.00 bits per heavy atom. The second-order valence-corrected chi connectivity index (χ2v) is 5.28. The Morgan fingerprint density at radius 2 is 1.67 bits per heavy atom. The van der Waals surface area contributed by atoms with Crippen molar-refractivity contribution in [1.82, 2.24) is 4.57 Å². The molecule has 124 valence electrons. The van der Waals surface area contributed by atoms with Crippen LogP contribution < -0.4 is 4.74 Å². The molecule has 0 aliphatic heterocycles. The Kier molecular flexibility index (Phi) is 3.89. The summed E-state index contributed by atoms with van der Waals surface area (Å²) in [6, 6.07) is 9.22.